The maximum Gasteiger partial charge on any atom is 0.176 e. The fourth-order valence-electron chi connectivity index (χ4n) is 0.538. The van der Waals surface area contributed by atoms with E-state index in [1.54, 1.807) is 0 Å². The van der Waals surface area contributed by atoms with Gasteiger partial charge in [0.15, 0.2) is 6.19 Å². The maximum atomic E-state index is 8.09. The lowest BCUT2D eigenvalue weighted by atomic mass is 10.5. The van der Waals surface area contributed by atoms with Crippen molar-refractivity contribution in [1.29, 1.82) is 5.26 Å². The van der Waals surface area contributed by atoms with E-state index in [1.807, 2.05) is 18.1 Å². The lowest BCUT2D eigenvalue weighted by Gasteiger charge is -2.10. The molecular formula is C7H11N3. The Morgan fingerprint density at radius 3 is 2.90 bits per heavy atom. The van der Waals surface area contributed by atoms with Crippen LogP contribution in [0.25, 0.3) is 0 Å². The standard InChI is InChI=1S/C7H11N3/c1-3-5-10(2)6-4-9-7-8/h1,9H,4-6H2,2H3. The SMILES string of the molecule is C#CCN(C)CCNC#N. The highest BCUT2D eigenvalue weighted by molar-refractivity contribution is 4.87. The van der Waals surface area contributed by atoms with Crippen molar-refractivity contribution in [3.05, 3.63) is 0 Å². The van der Waals surface area contributed by atoms with Crippen LogP contribution in [0, 0.1) is 23.8 Å². The third kappa shape index (κ3) is 4.96. The number of rotatable bonds is 4. The van der Waals surface area contributed by atoms with E-state index < -0.39 is 0 Å². The van der Waals surface area contributed by atoms with Gasteiger partial charge in [0.25, 0.3) is 0 Å². The minimum Gasteiger partial charge on any atom is -0.323 e. The van der Waals surface area contributed by atoms with Crippen molar-refractivity contribution in [3.63, 3.8) is 0 Å². The van der Waals surface area contributed by atoms with Crippen molar-refractivity contribution in [2.45, 2.75) is 0 Å². The molecule has 0 atom stereocenters. The molecule has 0 aliphatic carbocycles. The number of likely N-dealkylation sites (N-methyl/N-ethyl adjacent to an activating group) is 1. The zero-order valence-electron chi connectivity index (χ0n) is 6.09. The number of hydrogen-bond acceptors (Lipinski definition) is 3. The molecular weight excluding hydrogens is 126 g/mol. The first-order chi connectivity index (χ1) is 4.81. The smallest absolute Gasteiger partial charge is 0.176 e. The van der Waals surface area contributed by atoms with Gasteiger partial charge in [-0.2, -0.15) is 5.26 Å². The van der Waals surface area contributed by atoms with E-state index in [0.717, 1.165) is 6.54 Å². The Morgan fingerprint density at radius 2 is 2.40 bits per heavy atom. The summed E-state index contributed by atoms with van der Waals surface area (Å²) < 4.78 is 0. The molecule has 0 aromatic rings. The summed E-state index contributed by atoms with van der Waals surface area (Å²) in [4.78, 5) is 1.96. The first-order valence-corrected chi connectivity index (χ1v) is 3.05. The van der Waals surface area contributed by atoms with Gasteiger partial charge in [-0.05, 0) is 7.05 Å². The molecule has 54 valence electrons. The summed E-state index contributed by atoms with van der Waals surface area (Å²) in [5.74, 6) is 2.51. The summed E-state index contributed by atoms with van der Waals surface area (Å²) in [7, 11) is 1.92. The second-order valence-electron chi connectivity index (χ2n) is 1.98. The van der Waals surface area contributed by atoms with Crippen LogP contribution in [-0.2, 0) is 0 Å². The van der Waals surface area contributed by atoms with Crippen LogP contribution in [0.3, 0.4) is 0 Å². The highest BCUT2D eigenvalue weighted by atomic mass is 15.1. The molecule has 0 radical (unpaired) electrons. The van der Waals surface area contributed by atoms with Crippen LogP contribution in [-0.4, -0.2) is 31.6 Å². The fraction of sp³-hybridized carbons (Fsp3) is 0.571. The predicted octanol–water partition coefficient (Wildman–Crippen LogP) is -0.378. The molecule has 0 bridgehead atoms. The molecule has 0 fully saturated rings. The van der Waals surface area contributed by atoms with Gasteiger partial charge in [0.05, 0.1) is 6.54 Å². The first kappa shape index (κ1) is 8.81. The van der Waals surface area contributed by atoms with Gasteiger partial charge in [-0.15, -0.1) is 6.42 Å². The van der Waals surface area contributed by atoms with Crippen LogP contribution in [0.2, 0.25) is 0 Å². The van der Waals surface area contributed by atoms with Gasteiger partial charge in [-0.25, -0.2) is 0 Å². The average molecular weight is 137 g/mol. The molecule has 0 saturated heterocycles. The highest BCUT2D eigenvalue weighted by Crippen LogP contribution is 1.76. The van der Waals surface area contributed by atoms with Crippen LogP contribution < -0.4 is 5.32 Å². The van der Waals surface area contributed by atoms with E-state index in [0.29, 0.717) is 13.1 Å². The summed E-state index contributed by atoms with van der Waals surface area (Å²) in [6.45, 7) is 2.10. The van der Waals surface area contributed by atoms with Crippen LogP contribution in [0.4, 0.5) is 0 Å². The minimum absolute atomic E-state index is 0.632. The van der Waals surface area contributed by atoms with Crippen molar-refractivity contribution >= 4 is 0 Å². The maximum absolute atomic E-state index is 8.09. The number of terminal acetylenes is 1. The fourth-order valence-corrected chi connectivity index (χ4v) is 0.538. The van der Waals surface area contributed by atoms with Crippen molar-refractivity contribution in [3.8, 4) is 18.5 Å². The number of hydrogen-bond donors (Lipinski definition) is 1. The second-order valence-corrected chi connectivity index (χ2v) is 1.98. The van der Waals surface area contributed by atoms with Crippen molar-refractivity contribution in [2.24, 2.45) is 0 Å². The Balaban J connectivity index is 3.16. The van der Waals surface area contributed by atoms with Crippen LogP contribution in [0.15, 0.2) is 0 Å². The number of nitrogens with one attached hydrogen (secondary N) is 1. The molecule has 0 rings (SSSR count). The Kier molecular flexibility index (Phi) is 5.23. The zero-order chi connectivity index (χ0) is 7.82. The van der Waals surface area contributed by atoms with E-state index in [-0.39, 0.29) is 0 Å². The molecule has 3 heteroatoms. The van der Waals surface area contributed by atoms with E-state index in [2.05, 4.69) is 11.2 Å². The molecule has 3 nitrogen and oxygen atoms in total. The van der Waals surface area contributed by atoms with Gasteiger partial charge in [-0.1, -0.05) is 5.92 Å². The summed E-state index contributed by atoms with van der Waals surface area (Å²) in [5.41, 5.74) is 0. The van der Waals surface area contributed by atoms with Crippen molar-refractivity contribution in [2.75, 3.05) is 26.7 Å². The molecule has 0 aromatic heterocycles. The van der Waals surface area contributed by atoms with Crippen LogP contribution in [0.1, 0.15) is 0 Å². The molecule has 1 N–H and O–H groups in total. The summed E-state index contributed by atoms with van der Waals surface area (Å²) in [6.07, 6.45) is 6.89. The molecule has 0 heterocycles. The Bertz CT molecular complexity index is 151. The predicted molar refractivity (Wildman–Crippen MR) is 39.9 cm³/mol. The Labute approximate surface area is 61.6 Å². The lowest BCUT2D eigenvalue weighted by molar-refractivity contribution is 0.379. The molecule has 0 aromatic carbocycles. The van der Waals surface area contributed by atoms with E-state index >= 15 is 0 Å². The lowest BCUT2D eigenvalue weighted by Crippen LogP contribution is -2.27. The Hall–Kier alpha value is -1.19. The monoisotopic (exact) mass is 137 g/mol. The molecule has 0 unspecified atom stereocenters. The molecule has 0 spiro atoms. The van der Waals surface area contributed by atoms with E-state index in [9.17, 15) is 0 Å². The topological polar surface area (TPSA) is 39.1 Å². The Morgan fingerprint density at radius 1 is 1.70 bits per heavy atom. The molecule has 0 amide bonds. The quantitative estimate of drug-likeness (QED) is 0.248. The highest BCUT2D eigenvalue weighted by Gasteiger charge is 1.91. The summed E-state index contributed by atoms with van der Waals surface area (Å²) in [5, 5.41) is 10.6. The van der Waals surface area contributed by atoms with Crippen LogP contribution in [0.5, 0.6) is 0 Å². The third-order valence-corrected chi connectivity index (χ3v) is 1.06. The van der Waals surface area contributed by atoms with Crippen molar-refractivity contribution < 1.29 is 0 Å². The van der Waals surface area contributed by atoms with Crippen LogP contribution >= 0.6 is 0 Å². The largest absolute Gasteiger partial charge is 0.323 e. The molecule has 0 saturated carbocycles. The van der Waals surface area contributed by atoms with Gasteiger partial charge >= 0.3 is 0 Å². The summed E-state index contributed by atoms with van der Waals surface area (Å²) >= 11 is 0. The van der Waals surface area contributed by atoms with Gasteiger partial charge in [-0.3, -0.25) is 4.90 Å². The normalized spacial score (nSPS) is 8.40. The second kappa shape index (κ2) is 5.94. The third-order valence-electron chi connectivity index (χ3n) is 1.06. The minimum atomic E-state index is 0.632. The molecule has 0 aliphatic heterocycles. The van der Waals surface area contributed by atoms with Gasteiger partial charge in [0, 0.05) is 13.1 Å². The van der Waals surface area contributed by atoms with E-state index in [4.69, 9.17) is 11.7 Å². The molecule has 10 heavy (non-hydrogen) atoms. The number of nitriles is 1. The van der Waals surface area contributed by atoms with E-state index in [1.165, 1.54) is 0 Å². The number of nitrogens with zero attached hydrogens (tertiary/aromatic N) is 2. The summed E-state index contributed by atoms with van der Waals surface area (Å²) in [6, 6.07) is 0. The average Bonchev–Trinajstić information content (AvgIpc) is 1.89. The van der Waals surface area contributed by atoms with Crippen molar-refractivity contribution in [1.82, 2.24) is 10.2 Å². The van der Waals surface area contributed by atoms with Gasteiger partial charge < -0.3 is 5.32 Å². The molecule has 0 aliphatic rings. The van der Waals surface area contributed by atoms with Gasteiger partial charge in [0.2, 0.25) is 0 Å². The van der Waals surface area contributed by atoms with Gasteiger partial charge in [0.1, 0.15) is 0 Å². The zero-order valence-corrected chi connectivity index (χ0v) is 6.09. The first-order valence-electron chi connectivity index (χ1n) is 3.05.